The van der Waals surface area contributed by atoms with Gasteiger partial charge in [-0.15, -0.1) is 0 Å². The van der Waals surface area contributed by atoms with E-state index in [9.17, 15) is 17.6 Å². The molecule has 1 aliphatic rings. The predicted molar refractivity (Wildman–Crippen MR) is 116 cm³/mol. The Hall–Kier alpha value is -3.46. The van der Waals surface area contributed by atoms with Crippen LogP contribution in [0.2, 0.25) is 0 Å². The zero-order chi connectivity index (χ0) is 21.8. The molecule has 1 amide bonds. The van der Waals surface area contributed by atoms with Crippen LogP contribution in [0.3, 0.4) is 0 Å². The molecule has 4 rings (SSSR count). The third-order valence-electron chi connectivity index (χ3n) is 5.12. The summed E-state index contributed by atoms with van der Waals surface area (Å²) in [6.45, 7) is 2.36. The molecule has 0 bridgehead atoms. The van der Waals surface area contributed by atoms with Crippen LogP contribution in [0.15, 0.2) is 78.0 Å². The number of aromatic nitrogens is 1. The number of amides is 1. The summed E-state index contributed by atoms with van der Waals surface area (Å²) in [6.07, 6.45) is 3.46. The largest absolute Gasteiger partial charge is 0.368 e. The number of carbonyl (C=O) groups is 1. The van der Waals surface area contributed by atoms with Gasteiger partial charge in [0.05, 0.1) is 16.1 Å². The Morgan fingerprint density at radius 2 is 1.55 bits per heavy atom. The van der Waals surface area contributed by atoms with Gasteiger partial charge >= 0.3 is 0 Å². The number of nitrogens with zero attached hydrogens (tertiary/aromatic N) is 3. The van der Waals surface area contributed by atoms with Gasteiger partial charge in [0.1, 0.15) is 5.82 Å². The minimum Gasteiger partial charge on any atom is -0.368 e. The molecule has 3 aromatic rings. The summed E-state index contributed by atoms with van der Waals surface area (Å²) in [5.41, 5.74) is 1.51. The maximum atomic E-state index is 13.1. The van der Waals surface area contributed by atoms with Crippen molar-refractivity contribution in [2.24, 2.45) is 0 Å². The topological polar surface area (TPSA) is 82.6 Å². The molecule has 0 saturated carbocycles. The van der Waals surface area contributed by atoms with Crippen LogP contribution in [-0.4, -0.2) is 50.4 Å². The molecule has 0 radical (unpaired) electrons. The van der Waals surface area contributed by atoms with E-state index in [2.05, 4.69) is 14.6 Å². The second-order valence-corrected chi connectivity index (χ2v) is 8.77. The minimum absolute atomic E-state index is 0.0814. The molecule has 160 valence electrons. The van der Waals surface area contributed by atoms with Crippen molar-refractivity contribution in [3.63, 3.8) is 0 Å². The van der Waals surface area contributed by atoms with E-state index < -0.39 is 15.8 Å². The van der Waals surface area contributed by atoms with Crippen LogP contribution in [0.4, 0.5) is 15.8 Å². The first kappa shape index (κ1) is 20.8. The van der Waals surface area contributed by atoms with Crippen LogP contribution in [0, 0.1) is 5.82 Å². The maximum absolute atomic E-state index is 13.1. The monoisotopic (exact) mass is 440 g/mol. The number of anilines is 2. The van der Waals surface area contributed by atoms with E-state index in [1.807, 2.05) is 12.1 Å². The van der Waals surface area contributed by atoms with Gasteiger partial charge in [-0.2, -0.15) is 0 Å². The zero-order valence-electron chi connectivity index (χ0n) is 16.6. The van der Waals surface area contributed by atoms with Gasteiger partial charge in [-0.05, 0) is 48.5 Å². The number of carbonyl (C=O) groups excluding carboxylic acids is 1. The molecular weight excluding hydrogens is 419 g/mol. The van der Waals surface area contributed by atoms with Gasteiger partial charge < -0.3 is 9.80 Å². The van der Waals surface area contributed by atoms with E-state index in [1.165, 1.54) is 12.1 Å². The Bertz CT molecular complexity index is 1160. The first-order valence-corrected chi connectivity index (χ1v) is 11.2. The number of piperazine rings is 1. The number of hydrogen-bond donors (Lipinski definition) is 1. The average Bonchev–Trinajstić information content (AvgIpc) is 2.80. The number of para-hydroxylation sites is 1. The molecule has 0 unspecified atom stereocenters. The van der Waals surface area contributed by atoms with Gasteiger partial charge in [0.2, 0.25) is 0 Å². The number of benzene rings is 2. The van der Waals surface area contributed by atoms with Crippen molar-refractivity contribution in [1.29, 1.82) is 0 Å². The van der Waals surface area contributed by atoms with Crippen LogP contribution >= 0.6 is 0 Å². The lowest BCUT2D eigenvalue weighted by molar-refractivity contribution is 0.0748. The fraction of sp³-hybridized carbons (Fsp3) is 0.182. The number of halogens is 1. The van der Waals surface area contributed by atoms with Gasteiger partial charge in [0.25, 0.3) is 15.9 Å². The highest BCUT2D eigenvalue weighted by Crippen LogP contribution is 2.23. The Morgan fingerprint density at radius 1 is 0.903 bits per heavy atom. The summed E-state index contributed by atoms with van der Waals surface area (Å²) >= 11 is 0. The van der Waals surface area contributed by atoms with Crippen molar-refractivity contribution in [3.8, 4) is 0 Å². The Labute approximate surface area is 180 Å². The van der Waals surface area contributed by atoms with Crippen molar-refractivity contribution in [2.75, 3.05) is 35.8 Å². The number of pyridine rings is 1. The van der Waals surface area contributed by atoms with Crippen LogP contribution in [0.5, 0.6) is 0 Å². The van der Waals surface area contributed by atoms with Gasteiger partial charge in [-0.3, -0.25) is 14.5 Å². The normalized spacial score (nSPS) is 14.4. The van der Waals surface area contributed by atoms with E-state index in [0.29, 0.717) is 26.2 Å². The summed E-state index contributed by atoms with van der Waals surface area (Å²) in [7, 11) is -3.96. The summed E-state index contributed by atoms with van der Waals surface area (Å²) in [6, 6.07) is 14.9. The quantitative estimate of drug-likeness (QED) is 0.660. The third kappa shape index (κ3) is 4.66. The molecule has 7 nitrogen and oxygen atoms in total. The maximum Gasteiger partial charge on any atom is 0.261 e. The second kappa shape index (κ2) is 8.73. The highest BCUT2D eigenvalue weighted by Gasteiger charge is 2.25. The van der Waals surface area contributed by atoms with Gasteiger partial charge in [0.15, 0.2) is 0 Å². The Morgan fingerprint density at radius 3 is 2.23 bits per heavy atom. The Balaban J connectivity index is 1.49. The van der Waals surface area contributed by atoms with E-state index >= 15 is 0 Å². The van der Waals surface area contributed by atoms with Crippen molar-refractivity contribution in [2.45, 2.75) is 4.90 Å². The molecule has 2 heterocycles. The molecule has 0 atom stereocenters. The van der Waals surface area contributed by atoms with Gasteiger partial charge in [0, 0.05) is 44.3 Å². The molecule has 1 aliphatic heterocycles. The van der Waals surface area contributed by atoms with Crippen molar-refractivity contribution < 1.29 is 17.6 Å². The summed E-state index contributed by atoms with van der Waals surface area (Å²) < 4.78 is 41.0. The van der Waals surface area contributed by atoms with Crippen LogP contribution in [0.25, 0.3) is 0 Å². The molecular formula is C22H21FN4O3S. The van der Waals surface area contributed by atoms with E-state index in [0.717, 1.165) is 17.8 Å². The third-order valence-corrected chi connectivity index (χ3v) is 6.50. The molecule has 0 spiro atoms. The first-order valence-electron chi connectivity index (χ1n) is 9.76. The minimum atomic E-state index is -3.96. The SMILES string of the molecule is O=C(c1ccccc1NS(=O)(=O)c1ccc(F)cc1)N1CCN(c2ccncc2)CC1. The Kier molecular flexibility index (Phi) is 5.85. The molecule has 1 N–H and O–H groups in total. The van der Waals surface area contributed by atoms with E-state index in [1.54, 1.807) is 41.6 Å². The average molecular weight is 441 g/mol. The molecule has 1 aromatic heterocycles. The number of hydrogen-bond acceptors (Lipinski definition) is 5. The lowest BCUT2D eigenvalue weighted by Gasteiger charge is -2.36. The molecule has 2 aromatic carbocycles. The highest BCUT2D eigenvalue weighted by atomic mass is 32.2. The highest BCUT2D eigenvalue weighted by molar-refractivity contribution is 7.92. The molecule has 1 saturated heterocycles. The second-order valence-electron chi connectivity index (χ2n) is 7.09. The molecule has 31 heavy (non-hydrogen) atoms. The number of rotatable bonds is 5. The van der Waals surface area contributed by atoms with Crippen LogP contribution in [0.1, 0.15) is 10.4 Å². The zero-order valence-corrected chi connectivity index (χ0v) is 17.4. The lowest BCUT2D eigenvalue weighted by Crippen LogP contribution is -2.49. The standard InChI is InChI=1S/C22H21FN4O3S/c23-17-5-7-19(8-6-17)31(29,30)25-21-4-2-1-3-20(21)22(28)27-15-13-26(14-16-27)18-9-11-24-12-10-18/h1-12,25H,13-16H2. The molecule has 0 aliphatic carbocycles. The summed E-state index contributed by atoms with van der Waals surface area (Å²) in [5, 5.41) is 0. The van der Waals surface area contributed by atoms with Crippen molar-refractivity contribution in [1.82, 2.24) is 9.88 Å². The van der Waals surface area contributed by atoms with Crippen molar-refractivity contribution in [3.05, 3.63) is 84.4 Å². The van der Waals surface area contributed by atoms with Gasteiger partial charge in [-0.1, -0.05) is 12.1 Å². The molecule has 1 fully saturated rings. The number of nitrogens with one attached hydrogen (secondary N) is 1. The first-order chi connectivity index (χ1) is 14.9. The van der Waals surface area contributed by atoms with Crippen molar-refractivity contribution >= 4 is 27.3 Å². The lowest BCUT2D eigenvalue weighted by atomic mass is 10.1. The summed E-state index contributed by atoms with van der Waals surface area (Å²) in [5.74, 6) is -0.771. The van der Waals surface area contributed by atoms with E-state index in [-0.39, 0.29) is 22.1 Å². The van der Waals surface area contributed by atoms with Gasteiger partial charge in [-0.25, -0.2) is 12.8 Å². The van der Waals surface area contributed by atoms with Crippen LogP contribution in [-0.2, 0) is 10.0 Å². The number of sulfonamides is 1. The fourth-order valence-corrected chi connectivity index (χ4v) is 4.55. The predicted octanol–water partition coefficient (Wildman–Crippen LogP) is 2.98. The smallest absolute Gasteiger partial charge is 0.261 e. The van der Waals surface area contributed by atoms with Crippen LogP contribution < -0.4 is 9.62 Å². The van der Waals surface area contributed by atoms with E-state index in [4.69, 9.17) is 0 Å². The molecule has 9 heteroatoms. The summed E-state index contributed by atoms with van der Waals surface area (Å²) in [4.78, 5) is 21.0. The fourth-order valence-electron chi connectivity index (χ4n) is 3.47.